The molecule has 0 spiro atoms. The third kappa shape index (κ3) is 3.41. The van der Waals surface area contributed by atoms with Crippen LogP contribution in [0.1, 0.15) is 11.1 Å². The van der Waals surface area contributed by atoms with E-state index >= 15 is 0 Å². The lowest BCUT2D eigenvalue weighted by Crippen LogP contribution is -2.27. The van der Waals surface area contributed by atoms with E-state index in [1.54, 1.807) is 23.3 Å². The molecule has 0 saturated carbocycles. The summed E-state index contributed by atoms with van der Waals surface area (Å²) in [6.45, 7) is 3.86. The first-order chi connectivity index (χ1) is 13.5. The topological polar surface area (TPSA) is 99.4 Å². The van der Waals surface area contributed by atoms with Gasteiger partial charge in [0, 0.05) is 6.20 Å². The molecule has 0 saturated heterocycles. The molecule has 28 heavy (non-hydrogen) atoms. The van der Waals surface area contributed by atoms with Crippen LogP contribution in [0.25, 0.3) is 5.69 Å². The van der Waals surface area contributed by atoms with Gasteiger partial charge in [-0.25, -0.2) is 14.3 Å². The molecule has 0 atom stereocenters. The van der Waals surface area contributed by atoms with Crippen LogP contribution in [0.2, 0.25) is 0 Å². The lowest BCUT2D eigenvalue weighted by atomic mass is 10.0. The molecule has 9 nitrogen and oxygen atoms in total. The number of methoxy groups -OCH3 is 2. The third-order valence-corrected chi connectivity index (χ3v) is 4.39. The highest BCUT2D eigenvalue weighted by Crippen LogP contribution is 2.32. The fraction of sp³-hybridized carbons (Fsp3) is 0.211. The fourth-order valence-electron chi connectivity index (χ4n) is 2.84. The predicted molar refractivity (Wildman–Crippen MR) is 100 cm³/mol. The highest BCUT2D eigenvalue weighted by molar-refractivity contribution is 6.05. The van der Waals surface area contributed by atoms with E-state index in [1.807, 2.05) is 26.0 Å². The standard InChI is InChI=1S/C19H19N5O4/c1-12-9-14(24-11-20-21-22-24)10-16(13(12)2)23-8-6-5-7-15(18(25)27-3)17(23)19(26)28-4/h5-11H,1-4H3. The number of hydrogen-bond acceptors (Lipinski definition) is 8. The van der Waals surface area contributed by atoms with Gasteiger partial charge in [-0.05, 0) is 59.7 Å². The van der Waals surface area contributed by atoms with Gasteiger partial charge in [0.15, 0.2) is 0 Å². The fourth-order valence-corrected chi connectivity index (χ4v) is 2.84. The number of nitrogens with zero attached hydrogens (tertiary/aromatic N) is 5. The van der Waals surface area contributed by atoms with Gasteiger partial charge in [0.1, 0.15) is 12.0 Å². The summed E-state index contributed by atoms with van der Waals surface area (Å²) in [5.74, 6) is -1.31. The van der Waals surface area contributed by atoms with Gasteiger partial charge >= 0.3 is 11.9 Å². The van der Waals surface area contributed by atoms with Crippen molar-refractivity contribution < 1.29 is 19.1 Å². The molecule has 1 aliphatic heterocycles. The Morgan fingerprint density at radius 3 is 2.43 bits per heavy atom. The molecule has 1 aromatic heterocycles. The Labute approximate surface area is 161 Å². The third-order valence-electron chi connectivity index (χ3n) is 4.39. The van der Waals surface area contributed by atoms with Gasteiger partial charge in [0.25, 0.3) is 0 Å². The molecule has 3 rings (SSSR count). The van der Waals surface area contributed by atoms with Crippen molar-refractivity contribution in [3.63, 3.8) is 0 Å². The lowest BCUT2D eigenvalue weighted by molar-refractivity contribution is -0.139. The second-order valence-corrected chi connectivity index (χ2v) is 5.98. The summed E-state index contributed by atoms with van der Waals surface area (Å²) in [7, 11) is 2.52. The minimum Gasteiger partial charge on any atom is -0.465 e. The largest absolute Gasteiger partial charge is 0.465 e. The monoisotopic (exact) mass is 381 g/mol. The summed E-state index contributed by atoms with van der Waals surface area (Å²) < 4.78 is 11.3. The summed E-state index contributed by atoms with van der Waals surface area (Å²) in [6, 6.07) is 3.75. The molecule has 2 heterocycles. The first-order valence-corrected chi connectivity index (χ1v) is 8.37. The minimum absolute atomic E-state index is 0.0516. The van der Waals surface area contributed by atoms with Crippen LogP contribution in [0.3, 0.4) is 0 Å². The Bertz CT molecular complexity index is 1010. The number of tetrazole rings is 1. The molecule has 0 amide bonds. The van der Waals surface area contributed by atoms with Crippen molar-refractivity contribution in [1.29, 1.82) is 0 Å². The number of aryl methyl sites for hydroxylation is 1. The molecule has 0 radical (unpaired) electrons. The van der Waals surface area contributed by atoms with Crippen LogP contribution in [-0.2, 0) is 19.1 Å². The number of carbonyl (C=O) groups excluding carboxylic acids is 2. The zero-order valence-corrected chi connectivity index (χ0v) is 15.9. The Kier molecular flexibility index (Phi) is 5.35. The van der Waals surface area contributed by atoms with Gasteiger partial charge in [-0.2, -0.15) is 0 Å². The Balaban J connectivity index is 2.25. The normalized spacial score (nSPS) is 13.5. The van der Waals surface area contributed by atoms with Gasteiger partial charge in [0.2, 0.25) is 0 Å². The van der Waals surface area contributed by atoms with Gasteiger partial charge in [0.05, 0.1) is 31.2 Å². The second kappa shape index (κ2) is 7.87. The Morgan fingerprint density at radius 1 is 1.04 bits per heavy atom. The average Bonchev–Trinajstić information content (AvgIpc) is 3.15. The Hall–Kier alpha value is -3.75. The summed E-state index contributed by atoms with van der Waals surface area (Å²) in [5.41, 5.74) is 3.39. The molecule has 0 N–H and O–H groups in total. The maximum atomic E-state index is 12.6. The van der Waals surface area contributed by atoms with Crippen LogP contribution >= 0.6 is 0 Å². The molecule has 1 aliphatic rings. The van der Waals surface area contributed by atoms with Crippen molar-refractivity contribution in [3.05, 3.63) is 65.3 Å². The summed E-state index contributed by atoms with van der Waals surface area (Å²) in [5, 5.41) is 11.2. The number of anilines is 1. The number of hydrogen-bond donors (Lipinski definition) is 0. The van der Waals surface area contributed by atoms with Crippen LogP contribution in [0.4, 0.5) is 5.69 Å². The van der Waals surface area contributed by atoms with Crippen molar-refractivity contribution in [2.24, 2.45) is 0 Å². The summed E-state index contributed by atoms with van der Waals surface area (Å²) in [6.07, 6.45) is 8.05. The molecular formula is C19H19N5O4. The lowest BCUT2D eigenvalue weighted by Gasteiger charge is -2.26. The number of benzene rings is 1. The van der Waals surface area contributed by atoms with Crippen LogP contribution in [0.15, 0.2) is 54.2 Å². The molecule has 9 heteroatoms. The van der Waals surface area contributed by atoms with Crippen LogP contribution in [0, 0.1) is 13.8 Å². The molecule has 0 fully saturated rings. The quantitative estimate of drug-likeness (QED) is 0.739. The van der Waals surface area contributed by atoms with Crippen molar-refractivity contribution >= 4 is 17.6 Å². The van der Waals surface area contributed by atoms with E-state index in [2.05, 4.69) is 15.5 Å². The smallest absolute Gasteiger partial charge is 0.355 e. The summed E-state index contributed by atoms with van der Waals surface area (Å²) >= 11 is 0. The molecule has 0 bridgehead atoms. The molecule has 0 aliphatic carbocycles. The SMILES string of the molecule is COC(=O)C1=C(C(=O)OC)N(c2cc(-n3cnnn3)cc(C)c2C)C=CC=C1. The van der Waals surface area contributed by atoms with Crippen molar-refractivity contribution in [2.75, 3.05) is 19.1 Å². The second-order valence-electron chi connectivity index (χ2n) is 5.98. The molecule has 0 unspecified atom stereocenters. The van der Waals surface area contributed by atoms with Gasteiger partial charge < -0.3 is 14.4 Å². The minimum atomic E-state index is -0.665. The van der Waals surface area contributed by atoms with Gasteiger partial charge in [-0.15, -0.1) is 5.10 Å². The van der Waals surface area contributed by atoms with E-state index in [1.165, 1.54) is 31.3 Å². The molecule has 1 aromatic carbocycles. The number of rotatable bonds is 4. The van der Waals surface area contributed by atoms with Gasteiger partial charge in [-0.3, -0.25) is 0 Å². The highest BCUT2D eigenvalue weighted by Gasteiger charge is 2.28. The van der Waals surface area contributed by atoms with Crippen LogP contribution < -0.4 is 4.90 Å². The maximum absolute atomic E-state index is 12.6. The van der Waals surface area contributed by atoms with Gasteiger partial charge in [-0.1, -0.05) is 6.08 Å². The first-order valence-electron chi connectivity index (χ1n) is 8.37. The van der Waals surface area contributed by atoms with Crippen molar-refractivity contribution in [1.82, 2.24) is 20.2 Å². The predicted octanol–water partition coefficient (Wildman–Crippen LogP) is 1.77. The van der Waals surface area contributed by atoms with Crippen molar-refractivity contribution in [3.8, 4) is 5.69 Å². The number of aromatic nitrogens is 4. The highest BCUT2D eigenvalue weighted by atomic mass is 16.5. The number of ether oxygens (including phenoxy) is 2. The zero-order valence-electron chi connectivity index (χ0n) is 15.9. The van der Waals surface area contributed by atoms with E-state index in [9.17, 15) is 9.59 Å². The summed E-state index contributed by atoms with van der Waals surface area (Å²) in [4.78, 5) is 26.5. The van der Waals surface area contributed by atoms with E-state index in [0.29, 0.717) is 11.4 Å². The van der Waals surface area contributed by atoms with Crippen LogP contribution in [0.5, 0.6) is 0 Å². The van der Waals surface area contributed by atoms with E-state index in [0.717, 1.165) is 11.1 Å². The number of allylic oxidation sites excluding steroid dienone is 2. The Morgan fingerprint density at radius 2 is 1.79 bits per heavy atom. The number of esters is 2. The number of carbonyl (C=O) groups is 2. The maximum Gasteiger partial charge on any atom is 0.355 e. The zero-order chi connectivity index (χ0) is 20.3. The van der Waals surface area contributed by atoms with Crippen LogP contribution in [-0.4, -0.2) is 46.4 Å². The molecule has 144 valence electrons. The van der Waals surface area contributed by atoms with E-state index < -0.39 is 11.9 Å². The molecular weight excluding hydrogens is 362 g/mol. The molecule has 2 aromatic rings. The average molecular weight is 381 g/mol. The van der Waals surface area contributed by atoms with Crippen molar-refractivity contribution in [2.45, 2.75) is 13.8 Å². The van der Waals surface area contributed by atoms with E-state index in [4.69, 9.17) is 9.47 Å². The van der Waals surface area contributed by atoms with E-state index in [-0.39, 0.29) is 11.3 Å². The first kappa shape index (κ1) is 19.0.